The molecule has 3 rings (SSSR count). The first-order valence-electron chi connectivity index (χ1n) is 8.18. The van der Waals surface area contributed by atoms with Crippen molar-refractivity contribution in [3.8, 4) is 5.75 Å². The molecule has 3 aromatic rings. The van der Waals surface area contributed by atoms with Crippen molar-refractivity contribution in [2.24, 2.45) is 0 Å². The van der Waals surface area contributed by atoms with Crippen LogP contribution in [-0.2, 0) is 6.54 Å². The second-order valence-electron chi connectivity index (χ2n) is 5.64. The lowest BCUT2D eigenvalue weighted by Crippen LogP contribution is -2.14. The first-order valence-corrected chi connectivity index (χ1v) is 9.73. The van der Waals surface area contributed by atoms with Gasteiger partial charge in [-0.1, -0.05) is 41.4 Å². The topological polar surface area (TPSA) is 56.1 Å². The van der Waals surface area contributed by atoms with Gasteiger partial charge in [-0.25, -0.2) is 0 Å². The van der Waals surface area contributed by atoms with Crippen LogP contribution in [0, 0.1) is 0 Å². The summed E-state index contributed by atoms with van der Waals surface area (Å²) in [5, 5.41) is 8.35. The van der Waals surface area contributed by atoms with Gasteiger partial charge in [-0.05, 0) is 52.7 Å². The zero-order valence-electron chi connectivity index (χ0n) is 14.4. The number of rotatable bonds is 6. The number of carbonyl (C=O) groups excluding carboxylic acids is 1. The maximum Gasteiger partial charge on any atom is 0.260 e. The highest BCUT2D eigenvalue weighted by atomic mass is 79.9. The molecule has 1 amide bonds. The highest BCUT2D eigenvalue weighted by molar-refractivity contribution is 9.10. The van der Waals surface area contributed by atoms with E-state index in [1.807, 2.05) is 19.1 Å². The third kappa shape index (κ3) is 4.83. The third-order valence-electron chi connectivity index (χ3n) is 3.73. The minimum atomic E-state index is -0.297. The monoisotopic (exact) mass is 467 g/mol. The first kappa shape index (κ1) is 19.7. The second-order valence-corrected chi connectivity index (χ2v) is 7.34. The Balaban J connectivity index is 1.78. The van der Waals surface area contributed by atoms with Crippen molar-refractivity contribution < 1.29 is 9.53 Å². The number of nitrogens with one attached hydrogen (secondary N) is 1. The van der Waals surface area contributed by atoms with Crippen molar-refractivity contribution >= 4 is 50.9 Å². The smallest absolute Gasteiger partial charge is 0.260 e. The SMILES string of the molecule is CCOc1ccccc1C(=O)Nc1nn(Cc2ccc(Cl)cc2Cl)cc1Br. The van der Waals surface area contributed by atoms with E-state index in [0.717, 1.165) is 5.56 Å². The molecule has 1 aromatic heterocycles. The van der Waals surface area contributed by atoms with Gasteiger partial charge in [0.1, 0.15) is 5.75 Å². The molecule has 5 nitrogen and oxygen atoms in total. The largest absolute Gasteiger partial charge is 0.493 e. The van der Waals surface area contributed by atoms with Crippen LogP contribution in [0.4, 0.5) is 5.82 Å². The number of aromatic nitrogens is 2. The molecule has 2 aromatic carbocycles. The molecule has 0 aliphatic heterocycles. The van der Waals surface area contributed by atoms with Gasteiger partial charge in [-0.2, -0.15) is 5.10 Å². The van der Waals surface area contributed by atoms with E-state index >= 15 is 0 Å². The van der Waals surface area contributed by atoms with Crippen LogP contribution < -0.4 is 10.1 Å². The zero-order valence-corrected chi connectivity index (χ0v) is 17.5. The number of carbonyl (C=O) groups is 1. The number of hydrogen-bond donors (Lipinski definition) is 1. The fraction of sp³-hybridized carbons (Fsp3) is 0.158. The van der Waals surface area contributed by atoms with Crippen LogP contribution in [0.25, 0.3) is 0 Å². The van der Waals surface area contributed by atoms with Gasteiger partial charge in [0.15, 0.2) is 5.82 Å². The van der Waals surface area contributed by atoms with Crippen LogP contribution in [0.5, 0.6) is 5.75 Å². The number of hydrogen-bond acceptors (Lipinski definition) is 3. The molecule has 1 heterocycles. The molecule has 0 atom stereocenters. The Bertz CT molecular complexity index is 975. The number of para-hydroxylation sites is 1. The summed E-state index contributed by atoms with van der Waals surface area (Å²) in [4.78, 5) is 12.6. The average molecular weight is 469 g/mol. The Morgan fingerprint density at radius 1 is 1.26 bits per heavy atom. The van der Waals surface area contributed by atoms with Crippen LogP contribution in [0.2, 0.25) is 10.0 Å². The summed E-state index contributed by atoms with van der Waals surface area (Å²) in [6.07, 6.45) is 1.77. The summed E-state index contributed by atoms with van der Waals surface area (Å²) in [6.45, 7) is 2.79. The zero-order chi connectivity index (χ0) is 19.4. The molecule has 0 aliphatic carbocycles. The fourth-order valence-corrected chi connectivity index (χ4v) is 3.38. The summed E-state index contributed by atoms with van der Waals surface area (Å²) in [6, 6.07) is 12.4. The minimum absolute atomic E-state index is 0.297. The van der Waals surface area contributed by atoms with E-state index in [1.165, 1.54) is 0 Å². The van der Waals surface area contributed by atoms with E-state index in [1.54, 1.807) is 41.2 Å². The van der Waals surface area contributed by atoms with Crippen molar-refractivity contribution in [1.82, 2.24) is 9.78 Å². The van der Waals surface area contributed by atoms with Gasteiger partial charge in [0.2, 0.25) is 0 Å². The van der Waals surface area contributed by atoms with E-state index in [9.17, 15) is 4.79 Å². The highest BCUT2D eigenvalue weighted by Gasteiger charge is 2.16. The molecule has 1 N–H and O–H groups in total. The minimum Gasteiger partial charge on any atom is -0.493 e. The van der Waals surface area contributed by atoms with Crippen LogP contribution in [0.1, 0.15) is 22.8 Å². The van der Waals surface area contributed by atoms with Gasteiger partial charge in [-0.15, -0.1) is 0 Å². The lowest BCUT2D eigenvalue weighted by molar-refractivity contribution is 0.102. The summed E-state index contributed by atoms with van der Waals surface area (Å²) < 4.78 is 7.86. The quantitative estimate of drug-likeness (QED) is 0.508. The molecule has 0 fully saturated rings. The molecule has 8 heteroatoms. The highest BCUT2D eigenvalue weighted by Crippen LogP contribution is 2.26. The standard InChI is InChI=1S/C19H16BrCl2N3O2/c1-2-27-17-6-4-3-5-14(17)19(26)23-18-15(20)11-25(24-18)10-12-7-8-13(21)9-16(12)22/h3-9,11H,2,10H2,1H3,(H,23,24,26). The Hall–Kier alpha value is -2.02. The van der Waals surface area contributed by atoms with Crippen LogP contribution in [0.3, 0.4) is 0 Å². The van der Waals surface area contributed by atoms with Crippen molar-refractivity contribution in [2.75, 3.05) is 11.9 Å². The molecule has 140 valence electrons. The van der Waals surface area contributed by atoms with E-state index in [-0.39, 0.29) is 5.91 Å². The predicted octanol–water partition coefficient (Wildman–Crippen LogP) is 5.65. The predicted molar refractivity (Wildman–Crippen MR) is 111 cm³/mol. The van der Waals surface area contributed by atoms with E-state index < -0.39 is 0 Å². The maximum absolute atomic E-state index is 12.6. The molecule has 0 spiro atoms. The summed E-state index contributed by atoms with van der Waals surface area (Å²) in [5.74, 6) is 0.645. The van der Waals surface area contributed by atoms with Gasteiger partial charge < -0.3 is 10.1 Å². The Morgan fingerprint density at radius 3 is 2.78 bits per heavy atom. The van der Waals surface area contributed by atoms with Gasteiger partial charge in [0.25, 0.3) is 5.91 Å². The Morgan fingerprint density at radius 2 is 2.04 bits per heavy atom. The third-order valence-corrected chi connectivity index (χ3v) is 4.90. The molecule has 0 bridgehead atoms. The molecule has 0 saturated heterocycles. The Labute approximate surface area is 175 Å². The number of amides is 1. The van der Waals surface area contributed by atoms with Crippen molar-refractivity contribution in [3.05, 3.63) is 74.3 Å². The van der Waals surface area contributed by atoms with Crippen molar-refractivity contribution in [3.63, 3.8) is 0 Å². The van der Waals surface area contributed by atoms with Crippen molar-refractivity contribution in [1.29, 1.82) is 0 Å². The van der Waals surface area contributed by atoms with E-state index in [2.05, 4.69) is 26.3 Å². The Kier molecular flexibility index (Phi) is 6.42. The maximum atomic E-state index is 12.6. The van der Waals surface area contributed by atoms with Gasteiger partial charge >= 0.3 is 0 Å². The fourth-order valence-electron chi connectivity index (χ4n) is 2.50. The molecular weight excluding hydrogens is 453 g/mol. The van der Waals surface area contributed by atoms with Gasteiger partial charge in [-0.3, -0.25) is 9.48 Å². The average Bonchev–Trinajstić information content (AvgIpc) is 2.97. The van der Waals surface area contributed by atoms with Gasteiger partial charge in [0.05, 0.1) is 23.2 Å². The summed E-state index contributed by atoms with van der Waals surface area (Å²) in [5.41, 5.74) is 1.32. The normalized spacial score (nSPS) is 10.7. The van der Waals surface area contributed by atoms with Crippen LogP contribution in [0.15, 0.2) is 53.1 Å². The molecule has 0 unspecified atom stereocenters. The number of anilines is 1. The number of nitrogens with zero attached hydrogens (tertiary/aromatic N) is 2. The van der Waals surface area contributed by atoms with E-state index in [4.69, 9.17) is 27.9 Å². The van der Waals surface area contributed by atoms with Crippen LogP contribution in [-0.4, -0.2) is 22.3 Å². The van der Waals surface area contributed by atoms with Crippen molar-refractivity contribution in [2.45, 2.75) is 13.5 Å². The first-order chi connectivity index (χ1) is 13.0. The van der Waals surface area contributed by atoms with E-state index in [0.29, 0.717) is 44.8 Å². The molecule has 27 heavy (non-hydrogen) atoms. The number of halogens is 3. The lowest BCUT2D eigenvalue weighted by Gasteiger charge is -2.09. The molecule has 0 radical (unpaired) electrons. The molecule has 0 saturated carbocycles. The molecule has 0 aliphatic rings. The van der Waals surface area contributed by atoms with Crippen LogP contribution >= 0.6 is 39.1 Å². The lowest BCUT2D eigenvalue weighted by atomic mass is 10.2. The second kappa shape index (κ2) is 8.78. The number of benzene rings is 2. The van der Waals surface area contributed by atoms with Gasteiger partial charge in [0, 0.05) is 16.2 Å². The summed E-state index contributed by atoms with van der Waals surface area (Å²) >= 11 is 15.6. The number of ether oxygens (including phenoxy) is 1. The summed E-state index contributed by atoms with van der Waals surface area (Å²) in [7, 11) is 0. The molecular formula is C19H16BrCl2N3O2.